The molecule has 0 bridgehead atoms. The van der Waals surface area contributed by atoms with Crippen LogP contribution in [0.1, 0.15) is 29.7 Å². The Morgan fingerprint density at radius 3 is 3.15 bits per heavy atom. The van der Waals surface area contributed by atoms with Gasteiger partial charge in [0.25, 0.3) is 0 Å². The Kier molecular flexibility index (Phi) is 4.19. The fourth-order valence-corrected chi connectivity index (χ4v) is 3.54. The van der Waals surface area contributed by atoms with Crippen LogP contribution in [0.3, 0.4) is 0 Å². The molecule has 3 rings (SSSR count). The second-order valence-corrected chi connectivity index (χ2v) is 6.15. The van der Waals surface area contributed by atoms with Crippen molar-refractivity contribution in [2.75, 3.05) is 19.8 Å². The Bertz CT molecular complexity index is 549. The van der Waals surface area contributed by atoms with Gasteiger partial charge in [-0.3, -0.25) is 9.58 Å². The number of ether oxygens (including phenoxy) is 1. The van der Waals surface area contributed by atoms with Crippen LogP contribution in [0.4, 0.5) is 0 Å². The number of nitrogens with zero attached hydrogens (tertiary/aromatic N) is 3. The van der Waals surface area contributed by atoms with Crippen molar-refractivity contribution in [1.29, 1.82) is 0 Å². The normalized spacial score (nSPS) is 19.2. The molecule has 0 aromatic carbocycles. The summed E-state index contributed by atoms with van der Waals surface area (Å²) in [5.74, 6) is 0.388. The summed E-state index contributed by atoms with van der Waals surface area (Å²) >= 11 is 1.76. The van der Waals surface area contributed by atoms with Crippen LogP contribution in [0.5, 0.6) is 0 Å². The molecule has 0 fully saturated rings. The van der Waals surface area contributed by atoms with Crippen LogP contribution in [0, 0.1) is 0 Å². The van der Waals surface area contributed by atoms with Crippen molar-refractivity contribution in [3.63, 3.8) is 0 Å². The molecule has 20 heavy (non-hydrogen) atoms. The van der Waals surface area contributed by atoms with E-state index in [9.17, 15) is 0 Å². The minimum atomic E-state index is 0.388. The molecule has 4 nitrogen and oxygen atoms in total. The summed E-state index contributed by atoms with van der Waals surface area (Å²) in [5.41, 5.74) is 3.97. The van der Waals surface area contributed by atoms with E-state index in [0.717, 1.165) is 32.8 Å². The largest absolute Gasteiger partial charge is 0.381 e. The summed E-state index contributed by atoms with van der Waals surface area (Å²) in [6.07, 6.45) is 2.15. The summed E-state index contributed by atoms with van der Waals surface area (Å²) in [6.45, 7) is 6.61. The van der Waals surface area contributed by atoms with Gasteiger partial charge in [-0.05, 0) is 29.3 Å². The highest BCUT2D eigenvalue weighted by Gasteiger charge is 2.28. The maximum absolute atomic E-state index is 5.65. The van der Waals surface area contributed by atoms with Crippen LogP contribution in [0.15, 0.2) is 23.0 Å². The summed E-state index contributed by atoms with van der Waals surface area (Å²) in [6, 6.07) is 2.21. The molecule has 0 spiro atoms. The smallest absolute Gasteiger partial charge is 0.0736 e. The number of thiophene rings is 1. The minimum absolute atomic E-state index is 0.388. The molecule has 0 unspecified atom stereocenters. The number of hydrogen-bond donors (Lipinski definition) is 0. The molecule has 0 saturated heterocycles. The van der Waals surface area contributed by atoms with E-state index in [-0.39, 0.29) is 0 Å². The molecule has 0 saturated carbocycles. The Balaban J connectivity index is 1.76. The van der Waals surface area contributed by atoms with Gasteiger partial charge in [-0.1, -0.05) is 0 Å². The highest BCUT2D eigenvalue weighted by Crippen LogP contribution is 2.28. The van der Waals surface area contributed by atoms with Gasteiger partial charge in [0.15, 0.2) is 0 Å². The van der Waals surface area contributed by atoms with E-state index in [2.05, 4.69) is 33.0 Å². The molecule has 108 valence electrons. The van der Waals surface area contributed by atoms with Crippen LogP contribution in [-0.2, 0) is 24.9 Å². The Hall–Kier alpha value is -1.17. The van der Waals surface area contributed by atoms with Crippen molar-refractivity contribution < 1.29 is 4.74 Å². The van der Waals surface area contributed by atoms with Crippen molar-refractivity contribution >= 4 is 11.3 Å². The highest BCUT2D eigenvalue weighted by atomic mass is 32.1. The first kappa shape index (κ1) is 13.8. The van der Waals surface area contributed by atoms with Crippen molar-refractivity contribution in [2.24, 2.45) is 7.05 Å². The van der Waals surface area contributed by atoms with E-state index in [1.165, 1.54) is 16.8 Å². The Morgan fingerprint density at radius 2 is 2.40 bits per heavy atom. The standard InChI is InChI=1S/C15H21N3OS/c1-3-19-10-14-9-18(6-12-4-5-20-11-12)8-13-7-17(2)16-15(13)14/h4-5,7,11,14H,3,6,8-10H2,1-2H3/t14-/m1/s1. The number of hydrogen-bond acceptors (Lipinski definition) is 4. The fourth-order valence-electron chi connectivity index (χ4n) is 2.88. The molecule has 1 atom stereocenters. The van der Waals surface area contributed by atoms with E-state index in [1.807, 2.05) is 18.7 Å². The van der Waals surface area contributed by atoms with E-state index in [1.54, 1.807) is 11.3 Å². The molecule has 5 heteroatoms. The Labute approximate surface area is 124 Å². The van der Waals surface area contributed by atoms with Gasteiger partial charge >= 0.3 is 0 Å². The predicted molar refractivity (Wildman–Crippen MR) is 80.9 cm³/mol. The maximum Gasteiger partial charge on any atom is 0.0736 e. The molecule has 1 aliphatic heterocycles. The van der Waals surface area contributed by atoms with E-state index in [0.29, 0.717) is 5.92 Å². The second kappa shape index (κ2) is 6.08. The molecular weight excluding hydrogens is 270 g/mol. The lowest BCUT2D eigenvalue weighted by Crippen LogP contribution is -2.34. The number of rotatable bonds is 5. The molecule has 0 N–H and O–H groups in total. The maximum atomic E-state index is 5.65. The van der Waals surface area contributed by atoms with Gasteiger partial charge in [0.05, 0.1) is 12.3 Å². The zero-order valence-electron chi connectivity index (χ0n) is 12.1. The molecule has 0 amide bonds. The summed E-state index contributed by atoms with van der Waals surface area (Å²) < 4.78 is 7.58. The molecular formula is C15H21N3OS. The molecule has 2 aromatic heterocycles. The molecule has 0 radical (unpaired) electrons. The van der Waals surface area contributed by atoms with Crippen LogP contribution < -0.4 is 0 Å². The predicted octanol–water partition coefficient (Wildman–Crippen LogP) is 2.62. The lowest BCUT2D eigenvalue weighted by molar-refractivity contribution is 0.104. The lowest BCUT2D eigenvalue weighted by atomic mass is 9.97. The van der Waals surface area contributed by atoms with Crippen LogP contribution in [0.2, 0.25) is 0 Å². The third-order valence-corrected chi connectivity index (χ3v) is 4.44. The van der Waals surface area contributed by atoms with Gasteiger partial charge < -0.3 is 4.74 Å². The summed E-state index contributed by atoms with van der Waals surface area (Å²) in [7, 11) is 2.00. The lowest BCUT2D eigenvalue weighted by Gasteiger charge is -2.31. The van der Waals surface area contributed by atoms with Crippen LogP contribution >= 0.6 is 11.3 Å². The van der Waals surface area contributed by atoms with Crippen LogP contribution in [0.25, 0.3) is 0 Å². The first-order valence-corrected chi connectivity index (χ1v) is 8.04. The van der Waals surface area contributed by atoms with Gasteiger partial charge in [0.2, 0.25) is 0 Å². The first-order valence-electron chi connectivity index (χ1n) is 7.10. The van der Waals surface area contributed by atoms with Crippen LogP contribution in [-0.4, -0.2) is 34.4 Å². The SMILES string of the molecule is CCOC[C@H]1CN(Cc2ccsc2)Cc2cn(C)nc21. The average molecular weight is 291 g/mol. The zero-order chi connectivity index (χ0) is 13.9. The van der Waals surface area contributed by atoms with Gasteiger partial charge in [0, 0.05) is 51.0 Å². The topological polar surface area (TPSA) is 30.3 Å². The summed E-state index contributed by atoms with van der Waals surface area (Å²) in [4.78, 5) is 2.50. The summed E-state index contributed by atoms with van der Waals surface area (Å²) in [5, 5.41) is 9.01. The molecule has 0 aliphatic carbocycles. The first-order chi connectivity index (χ1) is 9.76. The molecule has 3 heterocycles. The van der Waals surface area contributed by atoms with E-state index < -0.39 is 0 Å². The molecule has 1 aliphatic rings. The highest BCUT2D eigenvalue weighted by molar-refractivity contribution is 7.07. The third kappa shape index (κ3) is 2.95. The van der Waals surface area contributed by atoms with Crippen molar-refractivity contribution in [3.05, 3.63) is 39.8 Å². The monoisotopic (exact) mass is 291 g/mol. The minimum Gasteiger partial charge on any atom is -0.381 e. The average Bonchev–Trinajstić information content (AvgIpc) is 3.04. The van der Waals surface area contributed by atoms with Crippen molar-refractivity contribution in [1.82, 2.24) is 14.7 Å². The van der Waals surface area contributed by atoms with Gasteiger partial charge in [-0.15, -0.1) is 0 Å². The van der Waals surface area contributed by atoms with Crippen molar-refractivity contribution in [3.8, 4) is 0 Å². The quantitative estimate of drug-likeness (QED) is 0.848. The molecule has 2 aromatic rings. The van der Waals surface area contributed by atoms with E-state index >= 15 is 0 Å². The number of aryl methyl sites for hydroxylation is 1. The van der Waals surface area contributed by atoms with Gasteiger partial charge in [0.1, 0.15) is 0 Å². The fraction of sp³-hybridized carbons (Fsp3) is 0.533. The second-order valence-electron chi connectivity index (χ2n) is 5.37. The van der Waals surface area contributed by atoms with E-state index in [4.69, 9.17) is 4.74 Å². The number of fused-ring (bicyclic) bond motifs is 1. The third-order valence-electron chi connectivity index (χ3n) is 3.71. The Morgan fingerprint density at radius 1 is 1.50 bits per heavy atom. The van der Waals surface area contributed by atoms with Gasteiger partial charge in [-0.25, -0.2) is 0 Å². The number of aromatic nitrogens is 2. The van der Waals surface area contributed by atoms with Crippen molar-refractivity contribution in [2.45, 2.75) is 25.9 Å². The zero-order valence-corrected chi connectivity index (χ0v) is 12.9. The van der Waals surface area contributed by atoms with Gasteiger partial charge in [-0.2, -0.15) is 16.4 Å².